The lowest BCUT2D eigenvalue weighted by Crippen LogP contribution is -2.42. The Labute approximate surface area is 197 Å². The Bertz CT molecular complexity index is 1240. The molecular formula is C27H29FN2O4. The quantitative estimate of drug-likeness (QED) is 0.588. The van der Waals surface area contributed by atoms with Gasteiger partial charge in [0, 0.05) is 36.3 Å². The minimum Gasteiger partial charge on any atom is -0.491 e. The van der Waals surface area contributed by atoms with Crippen LogP contribution in [0.1, 0.15) is 38.5 Å². The molecule has 6 rings (SSSR count). The fourth-order valence-corrected chi connectivity index (χ4v) is 5.50. The predicted octanol–water partition coefficient (Wildman–Crippen LogP) is 4.35. The van der Waals surface area contributed by atoms with E-state index in [4.69, 9.17) is 14.2 Å². The first-order valence-corrected chi connectivity index (χ1v) is 12.2. The molecule has 1 aromatic heterocycles. The van der Waals surface area contributed by atoms with Crippen molar-refractivity contribution < 1.29 is 18.6 Å². The number of piperidine rings is 1. The molecule has 0 saturated carbocycles. The molecule has 0 amide bonds. The molecule has 0 spiro atoms. The summed E-state index contributed by atoms with van der Waals surface area (Å²) in [7, 11) is 0. The van der Waals surface area contributed by atoms with Crippen LogP contribution in [0.3, 0.4) is 0 Å². The molecule has 7 heteroatoms. The molecule has 3 atom stereocenters. The highest BCUT2D eigenvalue weighted by atomic mass is 19.1. The van der Waals surface area contributed by atoms with Crippen molar-refractivity contribution >= 4 is 10.8 Å². The van der Waals surface area contributed by atoms with E-state index in [2.05, 4.69) is 5.32 Å². The first-order valence-electron chi connectivity index (χ1n) is 12.2. The second-order valence-electron chi connectivity index (χ2n) is 9.65. The highest BCUT2D eigenvalue weighted by molar-refractivity contribution is 5.83. The third-order valence-corrected chi connectivity index (χ3v) is 7.25. The van der Waals surface area contributed by atoms with E-state index in [9.17, 15) is 9.18 Å². The Morgan fingerprint density at radius 1 is 1.06 bits per heavy atom. The van der Waals surface area contributed by atoms with Crippen molar-refractivity contribution in [2.24, 2.45) is 0 Å². The average molecular weight is 465 g/mol. The zero-order valence-corrected chi connectivity index (χ0v) is 19.0. The van der Waals surface area contributed by atoms with Crippen LogP contribution < -0.4 is 20.3 Å². The van der Waals surface area contributed by atoms with Gasteiger partial charge in [-0.05, 0) is 80.3 Å². The van der Waals surface area contributed by atoms with E-state index in [1.807, 2.05) is 12.1 Å². The van der Waals surface area contributed by atoms with Crippen LogP contribution in [0.25, 0.3) is 16.5 Å². The van der Waals surface area contributed by atoms with Crippen LogP contribution in [-0.4, -0.2) is 42.1 Å². The number of pyridine rings is 1. The van der Waals surface area contributed by atoms with Crippen LogP contribution in [0.2, 0.25) is 0 Å². The highest BCUT2D eigenvalue weighted by Gasteiger charge is 2.34. The Morgan fingerprint density at radius 3 is 2.68 bits per heavy atom. The summed E-state index contributed by atoms with van der Waals surface area (Å²) in [5.41, 5.74) is 0.270. The summed E-state index contributed by atoms with van der Waals surface area (Å²) in [5, 5.41) is 4.91. The van der Waals surface area contributed by atoms with E-state index in [0.29, 0.717) is 35.5 Å². The second-order valence-corrected chi connectivity index (χ2v) is 9.65. The first-order chi connectivity index (χ1) is 16.6. The summed E-state index contributed by atoms with van der Waals surface area (Å²) in [6.45, 7) is 1.30. The number of benzene rings is 2. The van der Waals surface area contributed by atoms with Crippen molar-refractivity contribution in [3.05, 3.63) is 64.8 Å². The largest absolute Gasteiger partial charge is 0.491 e. The van der Waals surface area contributed by atoms with Crippen molar-refractivity contribution in [2.45, 2.75) is 62.8 Å². The van der Waals surface area contributed by atoms with Gasteiger partial charge in [-0.1, -0.05) is 0 Å². The molecule has 3 aromatic rings. The summed E-state index contributed by atoms with van der Waals surface area (Å²) < 4.78 is 33.9. The minimum absolute atomic E-state index is 0.0270. The van der Waals surface area contributed by atoms with Crippen LogP contribution in [-0.2, 0) is 4.74 Å². The number of hydrogen-bond donors (Lipinski definition) is 1. The van der Waals surface area contributed by atoms with Gasteiger partial charge in [-0.15, -0.1) is 0 Å². The molecule has 34 heavy (non-hydrogen) atoms. The zero-order valence-electron chi connectivity index (χ0n) is 19.0. The number of halogens is 1. The van der Waals surface area contributed by atoms with Crippen LogP contribution in [0.5, 0.6) is 11.5 Å². The van der Waals surface area contributed by atoms with Crippen LogP contribution in [0.15, 0.2) is 53.5 Å². The fraction of sp³-hybridized carbons (Fsp3) is 0.444. The molecule has 3 aliphatic heterocycles. The topological polar surface area (TPSA) is 61.7 Å². The van der Waals surface area contributed by atoms with E-state index in [0.717, 1.165) is 37.7 Å². The SMILES string of the molecule is O=c1c2ccc(OC[C@H]3CCCO3)cc2ccn1-c1ccc(OC2CC3CCC(C2)N3)c(F)c1. The van der Waals surface area contributed by atoms with E-state index in [1.54, 1.807) is 30.5 Å². The normalized spacial score (nSPS) is 26.1. The van der Waals surface area contributed by atoms with Gasteiger partial charge >= 0.3 is 0 Å². The number of nitrogens with one attached hydrogen (secondary N) is 1. The van der Waals surface area contributed by atoms with Gasteiger partial charge in [0.05, 0.1) is 11.8 Å². The maximum atomic E-state index is 14.9. The Kier molecular flexibility index (Phi) is 5.75. The molecule has 0 radical (unpaired) electrons. The molecule has 3 aliphatic rings. The lowest BCUT2D eigenvalue weighted by atomic mass is 10.0. The molecule has 3 saturated heterocycles. The molecule has 1 N–H and O–H groups in total. The molecule has 3 fully saturated rings. The minimum atomic E-state index is -0.451. The molecule has 4 heterocycles. The van der Waals surface area contributed by atoms with Crippen molar-refractivity contribution in [3.8, 4) is 17.2 Å². The van der Waals surface area contributed by atoms with Gasteiger partial charge < -0.3 is 19.5 Å². The lowest BCUT2D eigenvalue weighted by Gasteiger charge is -2.29. The van der Waals surface area contributed by atoms with Gasteiger partial charge in [-0.25, -0.2) is 4.39 Å². The van der Waals surface area contributed by atoms with E-state index in [1.165, 1.54) is 23.5 Å². The molecule has 178 valence electrons. The summed E-state index contributed by atoms with van der Waals surface area (Å²) >= 11 is 0. The van der Waals surface area contributed by atoms with Gasteiger partial charge in [0.15, 0.2) is 11.6 Å². The standard InChI is InChI=1S/C27H29FN2O4/c28-25-15-20(5-8-26(25)34-23-13-18-3-4-19(14-23)29-18)30-10-9-17-12-21(6-7-24(17)27(30)31)33-16-22-2-1-11-32-22/h5-10,12,15,18-19,22-23,29H,1-4,11,13-14,16H2/t18?,19?,22-,23?/m1/s1. The Morgan fingerprint density at radius 2 is 1.91 bits per heavy atom. The number of hydrogen-bond acceptors (Lipinski definition) is 5. The van der Waals surface area contributed by atoms with E-state index >= 15 is 0 Å². The summed E-state index contributed by atoms with van der Waals surface area (Å²) in [5.74, 6) is 0.504. The molecular weight excluding hydrogens is 435 g/mol. The third-order valence-electron chi connectivity index (χ3n) is 7.25. The van der Waals surface area contributed by atoms with Gasteiger partial charge in [0.1, 0.15) is 18.5 Å². The van der Waals surface area contributed by atoms with Gasteiger partial charge in [0.25, 0.3) is 5.56 Å². The van der Waals surface area contributed by atoms with E-state index in [-0.39, 0.29) is 23.5 Å². The summed E-state index contributed by atoms with van der Waals surface area (Å²) in [6.07, 6.45) is 8.06. The van der Waals surface area contributed by atoms with Crippen molar-refractivity contribution in [2.75, 3.05) is 13.2 Å². The van der Waals surface area contributed by atoms with Gasteiger partial charge in [-0.2, -0.15) is 0 Å². The molecule has 2 aromatic carbocycles. The molecule has 0 aliphatic carbocycles. The first kappa shape index (κ1) is 21.6. The number of fused-ring (bicyclic) bond motifs is 3. The lowest BCUT2D eigenvalue weighted by molar-refractivity contribution is 0.0680. The van der Waals surface area contributed by atoms with Gasteiger partial charge in [0.2, 0.25) is 0 Å². The smallest absolute Gasteiger partial charge is 0.262 e. The molecule has 2 bridgehead atoms. The van der Waals surface area contributed by atoms with Crippen LogP contribution in [0.4, 0.5) is 4.39 Å². The number of aromatic nitrogens is 1. The van der Waals surface area contributed by atoms with Crippen LogP contribution >= 0.6 is 0 Å². The van der Waals surface area contributed by atoms with Crippen molar-refractivity contribution in [1.29, 1.82) is 0 Å². The van der Waals surface area contributed by atoms with Gasteiger partial charge in [-0.3, -0.25) is 9.36 Å². The monoisotopic (exact) mass is 464 g/mol. The average Bonchev–Trinajstić information content (AvgIpc) is 3.48. The number of rotatable bonds is 6. The molecule has 2 unspecified atom stereocenters. The molecule has 6 nitrogen and oxygen atoms in total. The zero-order chi connectivity index (χ0) is 23.1. The predicted molar refractivity (Wildman–Crippen MR) is 128 cm³/mol. The van der Waals surface area contributed by atoms with E-state index < -0.39 is 5.82 Å². The third kappa shape index (κ3) is 4.30. The summed E-state index contributed by atoms with van der Waals surface area (Å²) in [6, 6.07) is 13.0. The second kappa shape index (κ2) is 9.04. The Balaban J connectivity index is 1.20. The maximum Gasteiger partial charge on any atom is 0.262 e. The fourth-order valence-electron chi connectivity index (χ4n) is 5.50. The van der Waals surface area contributed by atoms with Crippen LogP contribution in [0, 0.1) is 5.82 Å². The van der Waals surface area contributed by atoms with Crippen molar-refractivity contribution in [1.82, 2.24) is 9.88 Å². The maximum absolute atomic E-state index is 14.9. The summed E-state index contributed by atoms with van der Waals surface area (Å²) in [4.78, 5) is 13.1. The van der Waals surface area contributed by atoms with Crippen molar-refractivity contribution in [3.63, 3.8) is 0 Å². The Hall–Kier alpha value is -2.90. The number of ether oxygens (including phenoxy) is 3. The highest BCUT2D eigenvalue weighted by Crippen LogP contribution is 2.31. The number of nitrogens with zero attached hydrogens (tertiary/aromatic N) is 1.